The monoisotopic (exact) mass is 933 g/mol. The van der Waals surface area contributed by atoms with E-state index in [1.165, 1.54) is 129 Å². The lowest BCUT2D eigenvalue weighted by Crippen LogP contribution is -2.38. The largest absolute Gasteiger partial charge is 0.474 e. The van der Waals surface area contributed by atoms with Crippen molar-refractivity contribution in [3.63, 3.8) is 0 Å². The van der Waals surface area contributed by atoms with Crippen molar-refractivity contribution in [2.45, 2.75) is 244 Å². The van der Waals surface area contributed by atoms with Crippen LogP contribution in [0, 0.1) is 0 Å². The van der Waals surface area contributed by atoms with Gasteiger partial charge in [-0.1, -0.05) is 168 Å². The van der Waals surface area contributed by atoms with Gasteiger partial charge in [-0.25, -0.2) is 4.57 Å². The molecule has 0 rings (SSSR count). The Morgan fingerprint density at radius 2 is 0.969 bits per heavy atom. The van der Waals surface area contributed by atoms with Crippen LogP contribution in [0.25, 0.3) is 0 Å². The van der Waals surface area contributed by atoms with Gasteiger partial charge in [0.15, 0.2) is 6.10 Å². The van der Waals surface area contributed by atoms with Gasteiger partial charge in [0.25, 0.3) is 0 Å². The van der Waals surface area contributed by atoms with Crippen molar-refractivity contribution in [2.75, 3.05) is 59.7 Å². The number of hydrogen-bond acceptors (Lipinski definition) is 13. The lowest BCUT2D eigenvalue weighted by atomic mass is 10.0. The van der Waals surface area contributed by atoms with Gasteiger partial charge in [0.1, 0.15) is 12.4 Å². The minimum absolute atomic E-state index is 0.0371. The van der Waals surface area contributed by atoms with Crippen LogP contribution in [-0.2, 0) is 42.0 Å². The third-order valence-corrected chi connectivity index (χ3v) is 13.1. The van der Waals surface area contributed by atoms with Gasteiger partial charge in [0.05, 0.1) is 19.3 Å². The molecule has 0 spiro atoms. The van der Waals surface area contributed by atoms with Crippen LogP contribution in [0.5, 0.6) is 0 Å². The number of rotatable bonds is 52. The molecular formula is C50H101N4O9P. The van der Waals surface area contributed by atoms with E-state index in [0.717, 1.165) is 70.9 Å². The fraction of sp³-hybridized carbons (Fsp3) is 0.940. The first-order valence-corrected chi connectivity index (χ1v) is 27.9. The smallest absolute Gasteiger partial charge is 0.462 e. The van der Waals surface area contributed by atoms with E-state index >= 15 is 0 Å². The molecule has 0 amide bonds. The SMILES string of the molecule is CCCCCCCCCCCCCCCC(=O)OCC(COP(=O)(OC)OCCCC(=O)C(CCCNCCCN)NCCCN)OC(=O)CCCCCCCCCCCCCCC. The van der Waals surface area contributed by atoms with E-state index in [1.807, 2.05) is 0 Å². The minimum Gasteiger partial charge on any atom is -0.462 e. The predicted molar refractivity (Wildman–Crippen MR) is 263 cm³/mol. The van der Waals surface area contributed by atoms with Crippen molar-refractivity contribution in [3.05, 3.63) is 0 Å². The van der Waals surface area contributed by atoms with Gasteiger partial charge in [-0.15, -0.1) is 0 Å². The number of carbonyl (C=O) groups excluding carboxylic acids is 3. The summed E-state index contributed by atoms with van der Waals surface area (Å²) in [5.41, 5.74) is 11.2. The summed E-state index contributed by atoms with van der Waals surface area (Å²) in [5.74, 6) is -0.737. The molecule has 0 aromatic rings. The Balaban J connectivity index is 4.90. The lowest BCUT2D eigenvalue weighted by Gasteiger charge is -2.21. The maximum absolute atomic E-state index is 13.4. The van der Waals surface area contributed by atoms with Crippen molar-refractivity contribution in [1.29, 1.82) is 0 Å². The third kappa shape index (κ3) is 42.0. The van der Waals surface area contributed by atoms with Crippen LogP contribution in [0.3, 0.4) is 0 Å². The second-order valence-electron chi connectivity index (χ2n) is 17.8. The molecule has 0 fully saturated rings. The minimum atomic E-state index is -4.07. The van der Waals surface area contributed by atoms with Crippen LogP contribution >= 0.6 is 7.82 Å². The molecule has 380 valence electrons. The fourth-order valence-electron chi connectivity index (χ4n) is 7.65. The average Bonchev–Trinajstić information content (AvgIpc) is 3.29. The fourth-order valence-corrected chi connectivity index (χ4v) is 8.63. The lowest BCUT2D eigenvalue weighted by molar-refractivity contribution is -0.161. The molecule has 3 atom stereocenters. The van der Waals surface area contributed by atoms with Crippen LogP contribution in [0.4, 0.5) is 0 Å². The summed E-state index contributed by atoms with van der Waals surface area (Å²) >= 11 is 0. The molecule has 0 aliphatic rings. The zero-order valence-electron chi connectivity index (χ0n) is 41.6. The number of hydrogen-bond donors (Lipinski definition) is 4. The molecule has 0 saturated heterocycles. The number of carbonyl (C=O) groups is 3. The van der Waals surface area contributed by atoms with Crippen molar-refractivity contribution < 1.29 is 42.0 Å². The quantitative estimate of drug-likeness (QED) is 0.0256. The summed E-state index contributed by atoms with van der Waals surface area (Å²) in [6, 6.07) is -0.309. The molecule has 13 nitrogen and oxygen atoms in total. The summed E-state index contributed by atoms with van der Waals surface area (Å²) in [6.45, 7) is 7.38. The van der Waals surface area contributed by atoms with Crippen molar-refractivity contribution in [3.8, 4) is 0 Å². The molecule has 0 aromatic heterocycles. The highest BCUT2D eigenvalue weighted by molar-refractivity contribution is 7.48. The highest BCUT2D eigenvalue weighted by atomic mass is 31.2. The molecule has 0 bridgehead atoms. The standard InChI is InChI=1S/C50H101N4O9P/c1-4-6-8-10-12-14-16-18-20-22-24-26-28-36-49(56)60-44-46(63-50(57)37-29-27-25-23-21-19-17-15-13-11-9-7-5-2)45-62-64(58,59-3)61-43-31-35-48(55)47(54-42-33-39-52)34-30-40-53-41-32-38-51/h46-47,53-54H,4-45,51-52H2,1-3H3. The molecule has 0 heterocycles. The highest BCUT2D eigenvalue weighted by Gasteiger charge is 2.29. The van der Waals surface area contributed by atoms with Crippen molar-refractivity contribution in [1.82, 2.24) is 10.6 Å². The topological polar surface area (TPSA) is 191 Å². The Kier molecular flexibility index (Phi) is 47.0. The van der Waals surface area contributed by atoms with Crippen LogP contribution in [0.2, 0.25) is 0 Å². The second-order valence-corrected chi connectivity index (χ2v) is 19.6. The number of phosphoric acid groups is 1. The van der Waals surface area contributed by atoms with Gasteiger partial charge in [-0.05, 0) is 77.7 Å². The van der Waals surface area contributed by atoms with Crippen molar-refractivity contribution in [2.24, 2.45) is 11.5 Å². The first-order valence-electron chi connectivity index (χ1n) is 26.4. The van der Waals surface area contributed by atoms with Gasteiger partial charge in [-0.2, -0.15) is 0 Å². The van der Waals surface area contributed by atoms with E-state index in [4.69, 9.17) is 34.5 Å². The first kappa shape index (κ1) is 62.6. The second kappa shape index (κ2) is 48.0. The molecule has 0 aromatic carbocycles. The first-order chi connectivity index (χ1) is 31.2. The molecular weight excluding hydrogens is 832 g/mol. The number of phosphoric ester groups is 1. The van der Waals surface area contributed by atoms with E-state index in [-0.39, 0.29) is 56.9 Å². The zero-order chi connectivity index (χ0) is 47.0. The van der Waals surface area contributed by atoms with Crippen LogP contribution in [-0.4, -0.2) is 89.5 Å². The van der Waals surface area contributed by atoms with Crippen molar-refractivity contribution >= 4 is 25.5 Å². The van der Waals surface area contributed by atoms with Gasteiger partial charge >= 0.3 is 19.8 Å². The highest BCUT2D eigenvalue weighted by Crippen LogP contribution is 2.48. The third-order valence-electron chi connectivity index (χ3n) is 11.7. The predicted octanol–water partition coefficient (Wildman–Crippen LogP) is 11.6. The number of nitrogens with two attached hydrogens (primary N) is 2. The summed E-state index contributed by atoms with van der Waals surface area (Å²) in [6.07, 6.45) is 34.8. The number of Topliss-reactive ketones (excluding diaryl/α,β-unsaturated/α-hetero) is 1. The zero-order valence-corrected chi connectivity index (χ0v) is 42.5. The number of unbranched alkanes of at least 4 members (excludes halogenated alkanes) is 24. The Morgan fingerprint density at radius 1 is 0.516 bits per heavy atom. The summed E-state index contributed by atoms with van der Waals surface area (Å²) in [7, 11) is -2.85. The normalized spacial score (nSPS) is 13.5. The Labute approximate surface area is 392 Å². The molecule has 3 unspecified atom stereocenters. The van der Waals surface area contributed by atoms with E-state index in [9.17, 15) is 18.9 Å². The molecule has 0 aliphatic carbocycles. The van der Waals surface area contributed by atoms with E-state index < -0.39 is 19.9 Å². The number of ether oxygens (including phenoxy) is 2. The summed E-state index contributed by atoms with van der Waals surface area (Å²) in [5, 5.41) is 6.68. The molecule has 64 heavy (non-hydrogen) atoms. The van der Waals surface area contributed by atoms with Crippen LogP contribution in [0.15, 0.2) is 0 Å². The van der Waals surface area contributed by atoms with Crippen LogP contribution in [0.1, 0.15) is 232 Å². The number of ketones is 1. The Morgan fingerprint density at radius 3 is 1.45 bits per heavy atom. The summed E-state index contributed by atoms with van der Waals surface area (Å²) in [4.78, 5) is 38.8. The van der Waals surface area contributed by atoms with Gasteiger partial charge in [-0.3, -0.25) is 28.0 Å². The number of nitrogens with one attached hydrogen (secondary N) is 2. The molecule has 6 N–H and O–H groups in total. The van der Waals surface area contributed by atoms with E-state index in [1.54, 1.807) is 0 Å². The molecule has 14 heteroatoms. The molecule has 0 saturated carbocycles. The maximum atomic E-state index is 13.4. The van der Waals surface area contributed by atoms with Gasteiger partial charge in [0, 0.05) is 26.4 Å². The summed E-state index contributed by atoms with van der Waals surface area (Å²) < 4.78 is 41.0. The van der Waals surface area contributed by atoms with E-state index in [2.05, 4.69) is 24.5 Å². The molecule has 0 radical (unpaired) electrons. The maximum Gasteiger partial charge on any atom is 0.474 e. The Bertz CT molecular complexity index is 1110. The van der Waals surface area contributed by atoms with E-state index in [0.29, 0.717) is 38.9 Å². The number of esters is 2. The van der Waals surface area contributed by atoms with Gasteiger partial charge in [0.2, 0.25) is 0 Å². The molecule has 0 aliphatic heterocycles. The average molecular weight is 933 g/mol. The van der Waals surface area contributed by atoms with Gasteiger partial charge < -0.3 is 31.6 Å². The Hall–Kier alpha value is -1.44. The van der Waals surface area contributed by atoms with Crippen LogP contribution < -0.4 is 22.1 Å².